The van der Waals surface area contributed by atoms with E-state index in [2.05, 4.69) is 9.97 Å². The van der Waals surface area contributed by atoms with E-state index in [1.54, 1.807) is 18.2 Å². The Morgan fingerprint density at radius 1 is 1.35 bits per heavy atom. The van der Waals surface area contributed by atoms with E-state index >= 15 is 0 Å². The van der Waals surface area contributed by atoms with Crippen LogP contribution in [0.1, 0.15) is 16.1 Å². The van der Waals surface area contributed by atoms with Gasteiger partial charge in [0, 0.05) is 13.1 Å². The SMILES string of the molecule is Cn1c(=O)oc2cccc(C(=O)c3cc(Cl)ncn3)c21. The molecular formula is C13H8ClN3O3. The van der Waals surface area contributed by atoms with E-state index in [9.17, 15) is 9.59 Å². The van der Waals surface area contributed by atoms with Crippen molar-refractivity contribution in [1.29, 1.82) is 0 Å². The molecule has 3 aromatic rings. The minimum atomic E-state index is -0.527. The van der Waals surface area contributed by atoms with Crippen LogP contribution in [-0.4, -0.2) is 20.3 Å². The van der Waals surface area contributed by atoms with Crippen LogP contribution in [0.15, 0.2) is 39.8 Å². The smallest absolute Gasteiger partial charge is 0.408 e. The zero-order chi connectivity index (χ0) is 14.3. The van der Waals surface area contributed by atoms with Gasteiger partial charge in [0.2, 0.25) is 5.78 Å². The Morgan fingerprint density at radius 2 is 2.15 bits per heavy atom. The summed E-state index contributed by atoms with van der Waals surface area (Å²) in [5.41, 5.74) is 1.26. The maximum atomic E-state index is 12.5. The van der Waals surface area contributed by atoms with Crippen molar-refractivity contribution < 1.29 is 9.21 Å². The number of oxazole rings is 1. The minimum Gasteiger partial charge on any atom is -0.408 e. The molecule has 0 saturated carbocycles. The van der Waals surface area contributed by atoms with Crippen LogP contribution in [0.25, 0.3) is 11.1 Å². The highest BCUT2D eigenvalue weighted by atomic mass is 35.5. The fourth-order valence-corrected chi connectivity index (χ4v) is 2.13. The normalized spacial score (nSPS) is 10.9. The second kappa shape index (κ2) is 4.57. The third-order valence-corrected chi connectivity index (χ3v) is 3.12. The zero-order valence-electron chi connectivity index (χ0n) is 10.3. The zero-order valence-corrected chi connectivity index (χ0v) is 11.1. The summed E-state index contributed by atoms with van der Waals surface area (Å²) < 4.78 is 6.33. The number of rotatable bonds is 2. The van der Waals surface area contributed by atoms with E-state index in [1.165, 1.54) is 24.0 Å². The van der Waals surface area contributed by atoms with Crippen LogP contribution < -0.4 is 5.76 Å². The van der Waals surface area contributed by atoms with Gasteiger partial charge in [-0.2, -0.15) is 0 Å². The highest BCUT2D eigenvalue weighted by Gasteiger charge is 2.18. The molecule has 0 radical (unpaired) electrons. The standard InChI is InChI=1S/C13H8ClN3O3/c1-17-11-7(3-2-4-9(11)20-13(17)19)12(18)8-5-10(14)16-6-15-8/h2-6H,1H3. The Labute approximate surface area is 117 Å². The minimum absolute atomic E-state index is 0.158. The van der Waals surface area contributed by atoms with Crippen LogP contribution in [0.5, 0.6) is 0 Å². The molecule has 6 nitrogen and oxygen atoms in total. The first-order valence-corrected chi connectivity index (χ1v) is 6.06. The predicted octanol–water partition coefficient (Wildman–Crippen LogP) is 1.81. The summed E-state index contributed by atoms with van der Waals surface area (Å²) in [6.45, 7) is 0. The van der Waals surface area contributed by atoms with Crippen LogP contribution in [0.2, 0.25) is 5.15 Å². The molecule has 0 unspecified atom stereocenters. The highest BCUT2D eigenvalue weighted by molar-refractivity contribution is 6.30. The maximum absolute atomic E-state index is 12.5. The molecule has 0 aliphatic rings. The first kappa shape index (κ1) is 12.6. The number of carbonyl (C=O) groups is 1. The topological polar surface area (TPSA) is 78.0 Å². The van der Waals surface area contributed by atoms with E-state index in [0.29, 0.717) is 16.7 Å². The molecule has 0 N–H and O–H groups in total. The van der Waals surface area contributed by atoms with Crippen LogP contribution >= 0.6 is 11.6 Å². The number of benzene rings is 1. The second-order valence-electron chi connectivity index (χ2n) is 4.13. The molecule has 0 saturated heterocycles. The Kier molecular flexibility index (Phi) is 2.87. The molecule has 1 aromatic carbocycles. The Morgan fingerprint density at radius 3 is 2.90 bits per heavy atom. The van der Waals surface area contributed by atoms with E-state index in [4.69, 9.17) is 16.0 Å². The van der Waals surface area contributed by atoms with E-state index in [-0.39, 0.29) is 16.6 Å². The monoisotopic (exact) mass is 289 g/mol. The van der Waals surface area contributed by atoms with Crippen LogP contribution in [0.3, 0.4) is 0 Å². The number of aromatic nitrogens is 3. The molecule has 0 atom stereocenters. The first-order chi connectivity index (χ1) is 9.58. The highest BCUT2D eigenvalue weighted by Crippen LogP contribution is 2.20. The summed E-state index contributed by atoms with van der Waals surface area (Å²) in [6, 6.07) is 6.25. The van der Waals surface area contributed by atoms with Gasteiger partial charge in [0.25, 0.3) is 0 Å². The summed E-state index contributed by atoms with van der Waals surface area (Å²) in [6.07, 6.45) is 1.21. The molecule has 2 aromatic heterocycles. The van der Waals surface area contributed by atoms with Crippen molar-refractivity contribution in [2.45, 2.75) is 0 Å². The van der Waals surface area contributed by atoms with Crippen LogP contribution in [0.4, 0.5) is 0 Å². The number of ketones is 1. The summed E-state index contributed by atoms with van der Waals surface area (Å²) in [5.74, 6) is -0.878. The second-order valence-corrected chi connectivity index (χ2v) is 4.52. The van der Waals surface area contributed by atoms with Crippen LogP contribution in [0, 0.1) is 0 Å². The van der Waals surface area contributed by atoms with Gasteiger partial charge in [0.15, 0.2) is 5.58 Å². The van der Waals surface area contributed by atoms with Crippen molar-refractivity contribution in [2.24, 2.45) is 7.05 Å². The van der Waals surface area contributed by atoms with Crippen LogP contribution in [-0.2, 0) is 7.05 Å². The number of aryl methyl sites for hydroxylation is 1. The summed E-state index contributed by atoms with van der Waals surface area (Å²) in [4.78, 5) is 31.6. The van der Waals surface area contributed by atoms with Crippen molar-refractivity contribution in [3.8, 4) is 0 Å². The van der Waals surface area contributed by atoms with Gasteiger partial charge in [-0.15, -0.1) is 0 Å². The van der Waals surface area contributed by atoms with Gasteiger partial charge >= 0.3 is 5.76 Å². The number of carbonyl (C=O) groups excluding carboxylic acids is 1. The van der Waals surface area contributed by atoms with Crippen molar-refractivity contribution in [3.05, 3.63) is 57.6 Å². The third-order valence-electron chi connectivity index (χ3n) is 2.92. The average molecular weight is 290 g/mol. The number of para-hydroxylation sites is 1. The average Bonchev–Trinajstić information content (AvgIpc) is 2.73. The Bertz CT molecular complexity index is 882. The number of fused-ring (bicyclic) bond motifs is 1. The summed E-state index contributed by atoms with van der Waals surface area (Å²) in [5, 5.41) is 0.177. The molecule has 0 aliphatic heterocycles. The molecule has 0 amide bonds. The van der Waals surface area contributed by atoms with E-state index < -0.39 is 5.76 Å². The lowest BCUT2D eigenvalue weighted by molar-refractivity contribution is 0.103. The number of hydrogen-bond acceptors (Lipinski definition) is 5. The van der Waals surface area contributed by atoms with Gasteiger partial charge in [-0.1, -0.05) is 17.7 Å². The van der Waals surface area contributed by atoms with E-state index in [0.717, 1.165) is 0 Å². The summed E-state index contributed by atoms with van der Waals surface area (Å²) in [7, 11) is 1.54. The molecular weight excluding hydrogens is 282 g/mol. The van der Waals surface area contributed by atoms with Gasteiger partial charge in [-0.25, -0.2) is 14.8 Å². The van der Waals surface area contributed by atoms with Gasteiger partial charge < -0.3 is 4.42 Å². The molecule has 0 fully saturated rings. The first-order valence-electron chi connectivity index (χ1n) is 5.68. The predicted molar refractivity (Wildman–Crippen MR) is 71.9 cm³/mol. The van der Waals surface area contributed by atoms with Gasteiger partial charge in [-0.05, 0) is 12.1 Å². The fourth-order valence-electron chi connectivity index (χ4n) is 1.98. The largest absolute Gasteiger partial charge is 0.419 e. The van der Waals surface area contributed by atoms with Crippen molar-refractivity contribution in [1.82, 2.24) is 14.5 Å². The molecule has 100 valence electrons. The molecule has 0 spiro atoms. The molecule has 0 aliphatic carbocycles. The Hall–Kier alpha value is -2.47. The molecule has 20 heavy (non-hydrogen) atoms. The lowest BCUT2D eigenvalue weighted by atomic mass is 10.1. The quantitative estimate of drug-likeness (QED) is 0.531. The number of hydrogen-bond donors (Lipinski definition) is 0. The third kappa shape index (κ3) is 1.90. The van der Waals surface area contributed by atoms with Crippen molar-refractivity contribution in [2.75, 3.05) is 0 Å². The van der Waals surface area contributed by atoms with Gasteiger partial charge in [0.1, 0.15) is 22.7 Å². The summed E-state index contributed by atoms with van der Waals surface area (Å²) >= 11 is 5.75. The fraction of sp³-hybridized carbons (Fsp3) is 0.0769. The Balaban J connectivity index is 2.24. The number of nitrogens with zero attached hydrogens (tertiary/aromatic N) is 3. The molecule has 3 rings (SSSR count). The van der Waals surface area contributed by atoms with Gasteiger partial charge in [0.05, 0.1) is 5.56 Å². The maximum Gasteiger partial charge on any atom is 0.419 e. The molecule has 2 heterocycles. The van der Waals surface area contributed by atoms with E-state index in [1.807, 2.05) is 0 Å². The lowest BCUT2D eigenvalue weighted by Crippen LogP contribution is -2.12. The number of halogens is 1. The van der Waals surface area contributed by atoms with Crippen molar-refractivity contribution in [3.63, 3.8) is 0 Å². The molecule has 0 bridgehead atoms. The van der Waals surface area contributed by atoms with Crippen molar-refractivity contribution >= 4 is 28.5 Å². The van der Waals surface area contributed by atoms with Gasteiger partial charge in [-0.3, -0.25) is 9.36 Å². The molecule has 7 heteroatoms. The lowest BCUT2D eigenvalue weighted by Gasteiger charge is -2.03.